The molecule has 0 aliphatic heterocycles. The zero-order valence-corrected chi connectivity index (χ0v) is 10.5. The third-order valence-electron chi connectivity index (χ3n) is 5.20. The summed E-state index contributed by atoms with van der Waals surface area (Å²) < 4.78 is 0. The Labute approximate surface area is 94.5 Å². The molecule has 0 amide bonds. The maximum absolute atomic E-state index is 4.05. The summed E-state index contributed by atoms with van der Waals surface area (Å²) in [5.74, 6) is 0.778. The quantitative estimate of drug-likeness (QED) is 0.579. The van der Waals surface area contributed by atoms with Crippen LogP contribution in [0.4, 0.5) is 0 Å². The van der Waals surface area contributed by atoms with E-state index in [9.17, 15) is 0 Å². The molecular formula is C15H24. The SMILES string of the molecule is C=C1C=C[C@@H]([C@@]2(C)CCCC2(C)C)CC1. The van der Waals surface area contributed by atoms with Crippen LogP contribution >= 0.6 is 0 Å². The predicted octanol–water partition coefficient (Wildman–Crippen LogP) is 4.73. The third kappa shape index (κ3) is 1.68. The van der Waals surface area contributed by atoms with Crippen molar-refractivity contribution < 1.29 is 0 Å². The maximum atomic E-state index is 4.05. The summed E-state index contributed by atoms with van der Waals surface area (Å²) in [6.45, 7) is 11.5. The Morgan fingerprint density at radius 2 is 2.00 bits per heavy atom. The molecule has 0 N–H and O–H groups in total. The molecule has 0 aromatic heterocycles. The van der Waals surface area contributed by atoms with Crippen molar-refractivity contribution in [1.82, 2.24) is 0 Å². The van der Waals surface area contributed by atoms with Gasteiger partial charge in [-0.05, 0) is 42.4 Å². The summed E-state index contributed by atoms with van der Waals surface area (Å²) in [6.07, 6.45) is 11.4. The van der Waals surface area contributed by atoms with Crippen molar-refractivity contribution in [2.45, 2.75) is 52.9 Å². The van der Waals surface area contributed by atoms with Gasteiger partial charge in [-0.2, -0.15) is 0 Å². The standard InChI is InChI=1S/C15H24/c1-12-6-8-13(9-7-12)15(4)11-5-10-14(15,2)3/h6,8,13H,1,5,7,9-11H2,2-4H3/t13-,15-/m1/s1. The predicted molar refractivity (Wildman–Crippen MR) is 66.7 cm³/mol. The summed E-state index contributed by atoms with van der Waals surface area (Å²) in [4.78, 5) is 0. The topological polar surface area (TPSA) is 0 Å². The van der Waals surface area contributed by atoms with Crippen LogP contribution in [0.25, 0.3) is 0 Å². The van der Waals surface area contributed by atoms with Crippen molar-refractivity contribution in [1.29, 1.82) is 0 Å². The van der Waals surface area contributed by atoms with Gasteiger partial charge in [0.1, 0.15) is 0 Å². The molecule has 1 saturated carbocycles. The molecule has 0 nitrogen and oxygen atoms in total. The van der Waals surface area contributed by atoms with Crippen molar-refractivity contribution in [2.75, 3.05) is 0 Å². The lowest BCUT2D eigenvalue weighted by atomic mass is 9.60. The van der Waals surface area contributed by atoms with Gasteiger partial charge in [-0.25, -0.2) is 0 Å². The van der Waals surface area contributed by atoms with Crippen LogP contribution in [0.15, 0.2) is 24.3 Å². The largest absolute Gasteiger partial charge is 0.0958 e. The van der Waals surface area contributed by atoms with Gasteiger partial charge in [-0.1, -0.05) is 51.5 Å². The van der Waals surface area contributed by atoms with E-state index >= 15 is 0 Å². The summed E-state index contributed by atoms with van der Waals surface area (Å²) in [6, 6.07) is 0. The van der Waals surface area contributed by atoms with Crippen LogP contribution in [-0.2, 0) is 0 Å². The highest BCUT2D eigenvalue weighted by Gasteiger charge is 2.48. The van der Waals surface area contributed by atoms with Crippen LogP contribution in [-0.4, -0.2) is 0 Å². The van der Waals surface area contributed by atoms with E-state index < -0.39 is 0 Å². The first-order chi connectivity index (χ1) is 6.96. The minimum absolute atomic E-state index is 0.515. The average Bonchev–Trinajstić information content (AvgIpc) is 2.43. The van der Waals surface area contributed by atoms with Crippen LogP contribution < -0.4 is 0 Å². The van der Waals surface area contributed by atoms with E-state index in [1.165, 1.54) is 37.7 Å². The normalized spacial score (nSPS) is 39.7. The second kappa shape index (κ2) is 3.50. The van der Waals surface area contributed by atoms with E-state index in [1.807, 2.05) is 0 Å². The monoisotopic (exact) mass is 204 g/mol. The van der Waals surface area contributed by atoms with Gasteiger partial charge in [0, 0.05) is 0 Å². The molecule has 0 aromatic rings. The Bertz CT molecular complexity index is 295. The van der Waals surface area contributed by atoms with Crippen LogP contribution in [0.3, 0.4) is 0 Å². The van der Waals surface area contributed by atoms with Gasteiger partial charge >= 0.3 is 0 Å². The fraction of sp³-hybridized carbons (Fsp3) is 0.733. The Morgan fingerprint density at radius 3 is 2.47 bits per heavy atom. The highest BCUT2D eigenvalue weighted by molar-refractivity contribution is 5.21. The molecule has 84 valence electrons. The number of hydrogen-bond donors (Lipinski definition) is 0. The van der Waals surface area contributed by atoms with Gasteiger partial charge in [-0.3, -0.25) is 0 Å². The molecule has 0 unspecified atom stereocenters. The van der Waals surface area contributed by atoms with Gasteiger partial charge in [0.2, 0.25) is 0 Å². The van der Waals surface area contributed by atoms with E-state index in [0.29, 0.717) is 10.8 Å². The van der Waals surface area contributed by atoms with E-state index in [-0.39, 0.29) is 0 Å². The van der Waals surface area contributed by atoms with Crippen molar-refractivity contribution in [3.05, 3.63) is 24.3 Å². The first kappa shape index (κ1) is 11.0. The molecule has 0 bridgehead atoms. The highest BCUT2D eigenvalue weighted by atomic mass is 14.5. The second-order valence-electron chi connectivity index (χ2n) is 6.32. The number of allylic oxidation sites excluding steroid dienone is 3. The smallest absolute Gasteiger partial charge is 0.0168 e. The lowest BCUT2D eigenvalue weighted by molar-refractivity contribution is 0.0726. The van der Waals surface area contributed by atoms with E-state index in [1.54, 1.807) is 0 Å². The first-order valence-electron chi connectivity index (χ1n) is 6.32. The highest BCUT2D eigenvalue weighted by Crippen LogP contribution is 2.58. The Kier molecular flexibility index (Phi) is 2.56. The summed E-state index contributed by atoms with van der Waals surface area (Å²) in [5, 5.41) is 0. The fourth-order valence-corrected chi connectivity index (χ4v) is 3.51. The zero-order valence-electron chi connectivity index (χ0n) is 10.5. The molecule has 0 spiro atoms. The van der Waals surface area contributed by atoms with Crippen LogP contribution in [0.2, 0.25) is 0 Å². The Hall–Kier alpha value is -0.520. The fourth-order valence-electron chi connectivity index (χ4n) is 3.51. The minimum atomic E-state index is 0.515. The van der Waals surface area contributed by atoms with Gasteiger partial charge in [-0.15, -0.1) is 0 Å². The second-order valence-corrected chi connectivity index (χ2v) is 6.32. The molecule has 0 heteroatoms. The summed E-state index contributed by atoms with van der Waals surface area (Å²) in [5.41, 5.74) is 2.34. The van der Waals surface area contributed by atoms with Gasteiger partial charge in [0.05, 0.1) is 0 Å². The average molecular weight is 204 g/mol. The van der Waals surface area contributed by atoms with Crippen molar-refractivity contribution in [3.63, 3.8) is 0 Å². The molecule has 1 fully saturated rings. The molecule has 2 rings (SSSR count). The maximum Gasteiger partial charge on any atom is -0.0168 e. The van der Waals surface area contributed by atoms with E-state index in [0.717, 1.165) is 5.92 Å². The minimum Gasteiger partial charge on any atom is -0.0958 e. The lowest BCUT2D eigenvalue weighted by Gasteiger charge is -2.45. The molecule has 15 heavy (non-hydrogen) atoms. The van der Waals surface area contributed by atoms with Crippen molar-refractivity contribution in [3.8, 4) is 0 Å². The molecule has 2 aliphatic carbocycles. The lowest BCUT2D eigenvalue weighted by Crippen LogP contribution is -2.37. The van der Waals surface area contributed by atoms with Gasteiger partial charge in [0.15, 0.2) is 0 Å². The van der Waals surface area contributed by atoms with E-state index in [2.05, 4.69) is 39.5 Å². The first-order valence-corrected chi connectivity index (χ1v) is 6.32. The molecule has 0 aromatic carbocycles. The molecule has 2 aliphatic rings. The third-order valence-corrected chi connectivity index (χ3v) is 5.20. The van der Waals surface area contributed by atoms with Crippen molar-refractivity contribution in [2.24, 2.45) is 16.7 Å². The zero-order chi connectivity index (χ0) is 11.1. The number of rotatable bonds is 1. The number of hydrogen-bond acceptors (Lipinski definition) is 0. The van der Waals surface area contributed by atoms with Crippen molar-refractivity contribution >= 4 is 0 Å². The van der Waals surface area contributed by atoms with Gasteiger partial charge < -0.3 is 0 Å². The Balaban J connectivity index is 2.23. The van der Waals surface area contributed by atoms with E-state index in [4.69, 9.17) is 0 Å². The summed E-state index contributed by atoms with van der Waals surface area (Å²) in [7, 11) is 0. The molecule has 2 atom stereocenters. The van der Waals surface area contributed by atoms with Gasteiger partial charge in [0.25, 0.3) is 0 Å². The summed E-state index contributed by atoms with van der Waals surface area (Å²) >= 11 is 0. The molecule has 0 radical (unpaired) electrons. The van der Waals surface area contributed by atoms with Crippen LogP contribution in [0.5, 0.6) is 0 Å². The molecular weight excluding hydrogens is 180 g/mol. The molecule has 0 saturated heterocycles. The molecule has 0 heterocycles. The van der Waals surface area contributed by atoms with Crippen LogP contribution in [0, 0.1) is 16.7 Å². The Morgan fingerprint density at radius 1 is 1.27 bits per heavy atom. The van der Waals surface area contributed by atoms with Crippen LogP contribution in [0.1, 0.15) is 52.9 Å².